The largest absolute Gasteiger partial charge is 0.372 e. The van der Waals surface area contributed by atoms with Crippen LogP contribution >= 0.6 is 0 Å². The number of fused-ring (bicyclic) bond motifs is 1. The van der Waals surface area contributed by atoms with E-state index in [1.807, 2.05) is 0 Å². The molecule has 80 valence electrons. The Labute approximate surface area is 93.5 Å². The normalized spacial score (nSPS) is 13.8. The van der Waals surface area contributed by atoms with E-state index in [-0.39, 0.29) is 5.82 Å². The molecule has 0 bridgehead atoms. The van der Waals surface area contributed by atoms with Crippen molar-refractivity contribution in [3.63, 3.8) is 0 Å². The van der Waals surface area contributed by atoms with Gasteiger partial charge in [0.1, 0.15) is 5.82 Å². The lowest BCUT2D eigenvalue weighted by atomic mass is 10.0. The highest BCUT2D eigenvalue weighted by atomic mass is 19.1. The molecule has 0 atom stereocenters. The van der Waals surface area contributed by atoms with E-state index in [4.69, 9.17) is 4.74 Å². The van der Waals surface area contributed by atoms with Crippen LogP contribution in [-0.4, -0.2) is 0 Å². The minimum atomic E-state index is -0.201. The monoisotopic (exact) mass is 214 g/mol. The third kappa shape index (κ3) is 1.61. The summed E-state index contributed by atoms with van der Waals surface area (Å²) in [6.07, 6.45) is 0. The zero-order valence-corrected chi connectivity index (χ0v) is 8.74. The van der Waals surface area contributed by atoms with Gasteiger partial charge in [0.25, 0.3) is 0 Å². The van der Waals surface area contributed by atoms with Gasteiger partial charge in [-0.2, -0.15) is 0 Å². The summed E-state index contributed by atoms with van der Waals surface area (Å²) in [5.41, 5.74) is 4.65. The average molecular weight is 214 g/mol. The Bertz CT molecular complexity index is 517. The van der Waals surface area contributed by atoms with E-state index in [2.05, 4.69) is 18.2 Å². The lowest BCUT2D eigenvalue weighted by Crippen LogP contribution is -1.84. The molecule has 1 nitrogen and oxygen atoms in total. The van der Waals surface area contributed by atoms with Crippen molar-refractivity contribution < 1.29 is 9.13 Å². The molecule has 1 aliphatic rings. The highest BCUT2D eigenvalue weighted by molar-refractivity contribution is 5.65. The molecule has 0 N–H and O–H groups in total. The fraction of sp³-hybridized carbons (Fsp3) is 0.143. The summed E-state index contributed by atoms with van der Waals surface area (Å²) in [6.45, 7) is 1.39. The van der Waals surface area contributed by atoms with Gasteiger partial charge in [0.2, 0.25) is 0 Å². The minimum Gasteiger partial charge on any atom is -0.372 e. The Kier molecular flexibility index (Phi) is 2.22. The van der Waals surface area contributed by atoms with Gasteiger partial charge in [0.15, 0.2) is 0 Å². The van der Waals surface area contributed by atoms with Crippen molar-refractivity contribution >= 4 is 0 Å². The number of hydrogen-bond acceptors (Lipinski definition) is 1. The van der Waals surface area contributed by atoms with Crippen molar-refractivity contribution in [1.29, 1.82) is 0 Å². The number of benzene rings is 2. The minimum absolute atomic E-state index is 0.201. The van der Waals surface area contributed by atoms with E-state index in [9.17, 15) is 4.39 Å². The first kappa shape index (κ1) is 9.55. The number of rotatable bonds is 1. The number of hydrogen-bond donors (Lipinski definition) is 0. The summed E-state index contributed by atoms with van der Waals surface area (Å²) < 4.78 is 18.2. The summed E-state index contributed by atoms with van der Waals surface area (Å²) in [4.78, 5) is 0. The fourth-order valence-corrected chi connectivity index (χ4v) is 1.99. The van der Waals surface area contributed by atoms with Crippen LogP contribution in [0.1, 0.15) is 11.1 Å². The standard InChI is InChI=1S/C14H11FO/c15-14-5-3-10(4-6-14)11-1-2-12-8-16-9-13(12)7-11/h1-7H,8-9H2. The first-order valence-corrected chi connectivity index (χ1v) is 5.28. The Morgan fingerprint density at radius 1 is 0.812 bits per heavy atom. The molecule has 0 spiro atoms. The van der Waals surface area contributed by atoms with Gasteiger partial charge < -0.3 is 4.74 Å². The van der Waals surface area contributed by atoms with E-state index < -0.39 is 0 Å². The zero-order chi connectivity index (χ0) is 11.0. The molecule has 0 fully saturated rings. The second-order valence-corrected chi connectivity index (χ2v) is 3.98. The molecule has 0 aliphatic carbocycles. The van der Waals surface area contributed by atoms with Crippen LogP contribution in [0.2, 0.25) is 0 Å². The lowest BCUT2D eigenvalue weighted by Gasteiger charge is -2.04. The van der Waals surface area contributed by atoms with Crippen LogP contribution in [0.25, 0.3) is 11.1 Å². The molecule has 0 saturated carbocycles. The maximum atomic E-state index is 12.8. The van der Waals surface area contributed by atoms with Crippen LogP contribution in [-0.2, 0) is 18.0 Å². The van der Waals surface area contributed by atoms with Crippen LogP contribution in [0.4, 0.5) is 4.39 Å². The Balaban J connectivity index is 2.03. The molecule has 1 heterocycles. The SMILES string of the molecule is Fc1ccc(-c2ccc3c(c2)COC3)cc1. The maximum Gasteiger partial charge on any atom is 0.123 e. The first-order valence-electron chi connectivity index (χ1n) is 5.28. The highest BCUT2D eigenvalue weighted by Gasteiger charge is 2.11. The molecule has 2 aromatic carbocycles. The van der Waals surface area contributed by atoms with Crippen molar-refractivity contribution in [2.75, 3.05) is 0 Å². The topological polar surface area (TPSA) is 9.23 Å². The Morgan fingerprint density at radius 2 is 1.50 bits per heavy atom. The van der Waals surface area contributed by atoms with Crippen molar-refractivity contribution in [2.24, 2.45) is 0 Å². The maximum absolute atomic E-state index is 12.8. The van der Waals surface area contributed by atoms with Gasteiger partial charge in [-0.1, -0.05) is 24.3 Å². The lowest BCUT2D eigenvalue weighted by molar-refractivity contribution is 0.134. The zero-order valence-electron chi connectivity index (χ0n) is 8.74. The van der Waals surface area contributed by atoms with Crippen molar-refractivity contribution in [3.8, 4) is 11.1 Å². The van der Waals surface area contributed by atoms with Crippen LogP contribution in [0.15, 0.2) is 42.5 Å². The van der Waals surface area contributed by atoms with Gasteiger partial charge in [-0.05, 0) is 40.5 Å². The van der Waals surface area contributed by atoms with E-state index in [1.54, 1.807) is 12.1 Å². The molecule has 0 aromatic heterocycles. The fourth-order valence-electron chi connectivity index (χ4n) is 1.99. The third-order valence-electron chi connectivity index (χ3n) is 2.90. The third-order valence-corrected chi connectivity index (χ3v) is 2.90. The van der Waals surface area contributed by atoms with E-state index >= 15 is 0 Å². The summed E-state index contributed by atoms with van der Waals surface area (Å²) in [6, 6.07) is 12.8. The van der Waals surface area contributed by atoms with Crippen LogP contribution < -0.4 is 0 Å². The van der Waals surface area contributed by atoms with Gasteiger partial charge in [-0.25, -0.2) is 4.39 Å². The first-order chi connectivity index (χ1) is 7.83. The molecule has 0 unspecified atom stereocenters. The van der Waals surface area contributed by atoms with Crippen LogP contribution in [0.3, 0.4) is 0 Å². The number of halogens is 1. The van der Waals surface area contributed by atoms with E-state index in [0.717, 1.165) is 11.1 Å². The second kappa shape index (κ2) is 3.72. The molecule has 0 saturated heterocycles. The molecule has 2 heteroatoms. The van der Waals surface area contributed by atoms with Crippen molar-refractivity contribution in [3.05, 3.63) is 59.4 Å². The smallest absolute Gasteiger partial charge is 0.123 e. The summed E-state index contributed by atoms with van der Waals surface area (Å²) in [7, 11) is 0. The van der Waals surface area contributed by atoms with Gasteiger partial charge in [-0.3, -0.25) is 0 Å². The highest BCUT2D eigenvalue weighted by Crippen LogP contribution is 2.26. The van der Waals surface area contributed by atoms with E-state index in [1.165, 1.54) is 23.3 Å². The summed E-state index contributed by atoms with van der Waals surface area (Å²) >= 11 is 0. The van der Waals surface area contributed by atoms with Crippen LogP contribution in [0, 0.1) is 5.82 Å². The van der Waals surface area contributed by atoms with Crippen molar-refractivity contribution in [2.45, 2.75) is 13.2 Å². The van der Waals surface area contributed by atoms with Crippen molar-refractivity contribution in [1.82, 2.24) is 0 Å². The predicted molar refractivity (Wildman–Crippen MR) is 60.3 cm³/mol. The molecule has 2 aromatic rings. The van der Waals surface area contributed by atoms with Gasteiger partial charge in [0.05, 0.1) is 13.2 Å². The Morgan fingerprint density at radius 3 is 2.31 bits per heavy atom. The Hall–Kier alpha value is -1.67. The van der Waals surface area contributed by atoms with Crippen LogP contribution in [0.5, 0.6) is 0 Å². The molecular formula is C14H11FO. The molecule has 16 heavy (non-hydrogen) atoms. The quantitative estimate of drug-likeness (QED) is 0.705. The molecule has 0 amide bonds. The second-order valence-electron chi connectivity index (χ2n) is 3.98. The van der Waals surface area contributed by atoms with Gasteiger partial charge in [-0.15, -0.1) is 0 Å². The number of ether oxygens (including phenoxy) is 1. The van der Waals surface area contributed by atoms with E-state index in [0.29, 0.717) is 13.2 Å². The van der Waals surface area contributed by atoms with Gasteiger partial charge >= 0.3 is 0 Å². The van der Waals surface area contributed by atoms with Gasteiger partial charge in [0, 0.05) is 0 Å². The molecular weight excluding hydrogens is 203 g/mol. The predicted octanol–water partition coefficient (Wildman–Crippen LogP) is 3.52. The molecule has 0 radical (unpaired) electrons. The summed E-state index contributed by atoms with van der Waals surface area (Å²) in [5.74, 6) is -0.201. The molecule has 1 aliphatic heterocycles. The molecule has 3 rings (SSSR count). The average Bonchev–Trinajstić information content (AvgIpc) is 2.77. The summed E-state index contributed by atoms with van der Waals surface area (Å²) in [5, 5.41) is 0.